The summed E-state index contributed by atoms with van der Waals surface area (Å²) in [6.45, 7) is 0. The van der Waals surface area contributed by atoms with E-state index in [1.807, 2.05) is 18.2 Å². The van der Waals surface area contributed by atoms with Gasteiger partial charge in [-0.2, -0.15) is 5.10 Å². The second-order valence-electron chi connectivity index (χ2n) is 4.89. The minimum atomic E-state index is 0.0563. The van der Waals surface area contributed by atoms with Crippen LogP contribution in [0.2, 0.25) is 10.0 Å². The summed E-state index contributed by atoms with van der Waals surface area (Å²) in [6.07, 6.45) is 0.261. The molecule has 0 radical (unpaired) electrons. The Morgan fingerprint density at radius 2 is 1.87 bits per heavy atom. The van der Waals surface area contributed by atoms with E-state index in [2.05, 4.69) is 15.8 Å². The van der Waals surface area contributed by atoms with Crippen LogP contribution in [0.15, 0.2) is 47.6 Å². The molecule has 23 heavy (non-hydrogen) atoms. The predicted molar refractivity (Wildman–Crippen MR) is 97.7 cm³/mol. The number of fused-ring (bicyclic) bond motifs is 1. The van der Waals surface area contributed by atoms with E-state index in [4.69, 9.17) is 35.4 Å². The molecular weight excluding hydrogens is 353 g/mol. The van der Waals surface area contributed by atoms with E-state index in [-0.39, 0.29) is 17.3 Å². The highest BCUT2D eigenvalue weighted by molar-refractivity contribution is 7.80. The Morgan fingerprint density at radius 3 is 2.61 bits per heavy atom. The summed E-state index contributed by atoms with van der Waals surface area (Å²) in [4.78, 5) is 11.9. The monoisotopic (exact) mass is 363 g/mol. The van der Waals surface area contributed by atoms with Gasteiger partial charge in [-0.1, -0.05) is 47.5 Å². The van der Waals surface area contributed by atoms with Crippen LogP contribution in [-0.4, -0.2) is 16.6 Å². The first-order valence-electron chi connectivity index (χ1n) is 6.76. The number of thiocarbonyl (C=S) groups is 1. The normalized spacial score (nSPS) is 14.7. The van der Waals surface area contributed by atoms with Crippen molar-refractivity contribution in [3.8, 4) is 0 Å². The minimum Gasteiger partial charge on any atom is -0.330 e. The lowest BCUT2D eigenvalue weighted by Crippen LogP contribution is -2.25. The van der Waals surface area contributed by atoms with Crippen LogP contribution in [-0.2, 0) is 0 Å². The van der Waals surface area contributed by atoms with E-state index in [0.717, 1.165) is 5.56 Å². The molecule has 3 rings (SSSR count). The molecule has 2 aromatic rings. The van der Waals surface area contributed by atoms with E-state index < -0.39 is 0 Å². The van der Waals surface area contributed by atoms with Gasteiger partial charge in [0.1, 0.15) is 0 Å². The topological polar surface area (TPSA) is 53.5 Å². The number of carbonyl (C=O) groups is 1. The molecule has 1 aliphatic rings. The fraction of sp³-hybridized carbons (Fsp3) is 0.0625. The van der Waals surface area contributed by atoms with E-state index >= 15 is 0 Å². The van der Waals surface area contributed by atoms with Gasteiger partial charge in [-0.15, -0.1) is 0 Å². The van der Waals surface area contributed by atoms with Crippen LogP contribution in [0.1, 0.15) is 22.3 Å². The van der Waals surface area contributed by atoms with Gasteiger partial charge in [-0.25, -0.2) is 0 Å². The first-order chi connectivity index (χ1) is 11.0. The molecule has 0 saturated carbocycles. The van der Waals surface area contributed by atoms with Crippen molar-refractivity contribution < 1.29 is 4.79 Å². The van der Waals surface area contributed by atoms with Crippen molar-refractivity contribution in [2.75, 3.05) is 5.32 Å². The Morgan fingerprint density at radius 1 is 1.13 bits per heavy atom. The Hall–Kier alpha value is -1.95. The smallest absolute Gasteiger partial charge is 0.191 e. The van der Waals surface area contributed by atoms with Gasteiger partial charge in [0.15, 0.2) is 10.9 Å². The quantitative estimate of drug-likeness (QED) is 0.617. The Kier molecular flexibility index (Phi) is 4.61. The number of rotatable bonds is 2. The SMILES string of the molecule is O=C1C/C(=N\NC(=S)Nc2ccc(Cl)cc2Cl)c2ccccc21. The van der Waals surface area contributed by atoms with Gasteiger partial charge in [0.25, 0.3) is 0 Å². The van der Waals surface area contributed by atoms with Crippen LogP contribution in [0.5, 0.6) is 0 Å². The Bertz CT molecular complexity index is 836. The summed E-state index contributed by atoms with van der Waals surface area (Å²) in [5.74, 6) is 0.0563. The largest absolute Gasteiger partial charge is 0.330 e. The van der Waals surface area contributed by atoms with Crippen molar-refractivity contribution in [1.29, 1.82) is 0 Å². The second kappa shape index (κ2) is 6.66. The van der Waals surface area contributed by atoms with Crippen LogP contribution in [0.3, 0.4) is 0 Å². The average Bonchev–Trinajstić information content (AvgIpc) is 2.85. The molecule has 0 fully saturated rings. The first-order valence-corrected chi connectivity index (χ1v) is 7.92. The zero-order chi connectivity index (χ0) is 16.4. The molecule has 0 spiro atoms. The van der Waals surface area contributed by atoms with Crippen LogP contribution in [0, 0.1) is 0 Å². The first kappa shape index (κ1) is 15.9. The number of halogens is 2. The van der Waals surface area contributed by atoms with E-state index in [1.165, 1.54) is 0 Å². The summed E-state index contributed by atoms with van der Waals surface area (Å²) in [7, 11) is 0. The molecule has 1 aliphatic carbocycles. The summed E-state index contributed by atoms with van der Waals surface area (Å²) in [6, 6.07) is 12.4. The number of hydrogen-bond acceptors (Lipinski definition) is 3. The fourth-order valence-corrected chi connectivity index (χ4v) is 2.89. The highest BCUT2D eigenvalue weighted by Gasteiger charge is 2.24. The zero-order valence-corrected chi connectivity index (χ0v) is 14.1. The number of Topliss-reactive ketones (excluding diaryl/α,β-unsaturated/α-hetero) is 1. The Labute approximate surface area is 148 Å². The highest BCUT2D eigenvalue weighted by atomic mass is 35.5. The fourth-order valence-electron chi connectivity index (χ4n) is 2.28. The van der Waals surface area contributed by atoms with Gasteiger partial charge in [-0.3, -0.25) is 10.2 Å². The van der Waals surface area contributed by atoms with Crippen molar-refractivity contribution in [3.05, 3.63) is 63.6 Å². The summed E-state index contributed by atoms with van der Waals surface area (Å²) in [5, 5.41) is 8.44. The molecular formula is C16H11Cl2N3OS. The minimum absolute atomic E-state index is 0.0563. The predicted octanol–water partition coefficient (Wildman–Crippen LogP) is 4.27. The molecule has 2 N–H and O–H groups in total. The van der Waals surface area contributed by atoms with Gasteiger partial charge < -0.3 is 5.32 Å². The van der Waals surface area contributed by atoms with Crippen molar-refractivity contribution in [2.24, 2.45) is 5.10 Å². The molecule has 0 unspecified atom stereocenters. The third-order valence-corrected chi connectivity index (χ3v) is 4.08. The van der Waals surface area contributed by atoms with Gasteiger partial charge in [0.2, 0.25) is 0 Å². The molecule has 0 aliphatic heterocycles. The maximum atomic E-state index is 11.9. The molecule has 0 saturated heterocycles. The number of benzene rings is 2. The molecule has 0 amide bonds. The molecule has 0 bridgehead atoms. The molecule has 7 heteroatoms. The molecule has 116 valence electrons. The number of ketones is 1. The lowest BCUT2D eigenvalue weighted by molar-refractivity contribution is 0.101. The van der Waals surface area contributed by atoms with Crippen molar-refractivity contribution in [1.82, 2.24) is 5.43 Å². The molecule has 0 aromatic heterocycles. The molecule has 0 heterocycles. The van der Waals surface area contributed by atoms with Crippen molar-refractivity contribution in [2.45, 2.75) is 6.42 Å². The average molecular weight is 364 g/mol. The van der Waals surface area contributed by atoms with E-state index in [9.17, 15) is 4.79 Å². The van der Waals surface area contributed by atoms with Gasteiger partial charge in [0, 0.05) is 16.1 Å². The molecule has 2 aromatic carbocycles. The lowest BCUT2D eigenvalue weighted by atomic mass is 10.1. The van der Waals surface area contributed by atoms with Gasteiger partial charge in [0.05, 0.1) is 22.8 Å². The van der Waals surface area contributed by atoms with E-state index in [1.54, 1.807) is 24.3 Å². The number of anilines is 1. The van der Waals surface area contributed by atoms with Crippen LogP contribution >= 0.6 is 35.4 Å². The number of nitrogens with one attached hydrogen (secondary N) is 2. The number of hydrogen-bond donors (Lipinski definition) is 2. The highest BCUT2D eigenvalue weighted by Crippen LogP contribution is 2.25. The van der Waals surface area contributed by atoms with Gasteiger partial charge >= 0.3 is 0 Å². The zero-order valence-electron chi connectivity index (χ0n) is 11.8. The maximum Gasteiger partial charge on any atom is 0.191 e. The van der Waals surface area contributed by atoms with Crippen LogP contribution in [0.4, 0.5) is 5.69 Å². The van der Waals surface area contributed by atoms with Gasteiger partial charge in [-0.05, 0) is 30.4 Å². The summed E-state index contributed by atoms with van der Waals surface area (Å²) >= 11 is 17.1. The lowest BCUT2D eigenvalue weighted by Gasteiger charge is -2.09. The van der Waals surface area contributed by atoms with Crippen LogP contribution < -0.4 is 10.7 Å². The third kappa shape index (κ3) is 3.52. The third-order valence-electron chi connectivity index (χ3n) is 3.34. The van der Waals surface area contributed by atoms with Crippen LogP contribution in [0.25, 0.3) is 0 Å². The maximum absolute atomic E-state index is 11.9. The summed E-state index contributed by atoms with van der Waals surface area (Å²) in [5.41, 5.74) is 5.55. The second-order valence-corrected chi connectivity index (χ2v) is 6.15. The number of hydrazone groups is 1. The standard InChI is InChI=1S/C16H11Cl2N3OS/c17-9-5-6-13(12(18)7-9)19-16(23)21-20-14-8-15(22)11-4-2-1-3-10(11)14/h1-7H,8H2,(H2,19,21,23)/b20-14+. The molecule has 4 nitrogen and oxygen atoms in total. The van der Waals surface area contributed by atoms with Crippen molar-refractivity contribution >= 4 is 57.7 Å². The number of carbonyl (C=O) groups excluding carboxylic acids is 1. The molecule has 0 atom stereocenters. The van der Waals surface area contributed by atoms with E-state index in [0.29, 0.717) is 27.0 Å². The number of nitrogens with zero attached hydrogens (tertiary/aromatic N) is 1. The Balaban J connectivity index is 1.71. The summed E-state index contributed by atoms with van der Waals surface area (Å²) < 4.78 is 0. The van der Waals surface area contributed by atoms with Crippen molar-refractivity contribution in [3.63, 3.8) is 0 Å².